The Hall–Kier alpha value is -1.34. The summed E-state index contributed by atoms with van der Waals surface area (Å²) in [5.41, 5.74) is -0.468. The standard InChI is InChI=1S/C13H12Br2N2O3/c1-5(2)16-12(19)9-11(18)7-3-6(14)4-8(15)10(7)17-13(9)20/h3-5H,1-2H3,(H,16,19)(H2,17,18,20). The molecule has 0 saturated heterocycles. The van der Waals surface area contributed by atoms with E-state index in [1.807, 2.05) is 0 Å². The fraction of sp³-hybridized carbons (Fsp3) is 0.231. The SMILES string of the molecule is CC(C)NC(=O)c1c(O)c2cc(Br)cc(Br)c2[nH]c1=O. The predicted molar refractivity (Wildman–Crippen MR) is 84.2 cm³/mol. The zero-order valence-corrected chi connectivity index (χ0v) is 13.9. The summed E-state index contributed by atoms with van der Waals surface area (Å²) in [6.45, 7) is 3.55. The highest BCUT2D eigenvalue weighted by Gasteiger charge is 2.20. The molecular weight excluding hydrogens is 392 g/mol. The van der Waals surface area contributed by atoms with Gasteiger partial charge in [0.2, 0.25) is 0 Å². The van der Waals surface area contributed by atoms with Crippen molar-refractivity contribution in [2.75, 3.05) is 0 Å². The third kappa shape index (κ3) is 2.73. The number of halogens is 2. The molecule has 0 bridgehead atoms. The van der Waals surface area contributed by atoms with Crippen LogP contribution in [0.3, 0.4) is 0 Å². The van der Waals surface area contributed by atoms with Crippen LogP contribution in [0.1, 0.15) is 24.2 Å². The number of hydrogen-bond acceptors (Lipinski definition) is 3. The monoisotopic (exact) mass is 402 g/mol. The van der Waals surface area contributed by atoms with E-state index in [2.05, 4.69) is 42.2 Å². The van der Waals surface area contributed by atoms with E-state index < -0.39 is 11.5 Å². The normalized spacial score (nSPS) is 11.1. The first-order chi connectivity index (χ1) is 9.31. The Bertz CT molecular complexity index is 753. The summed E-state index contributed by atoms with van der Waals surface area (Å²) >= 11 is 6.61. The average molecular weight is 404 g/mol. The van der Waals surface area contributed by atoms with Crippen molar-refractivity contribution in [2.24, 2.45) is 0 Å². The summed E-state index contributed by atoms with van der Waals surface area (Å²) in [7, 11) is 0. The number of aromatic amines is 1. The lowest BCUT2D eigenvalue weighted by Crippen LogP contribution is -2.34. The second-order valence-corrected chi connectivity index (χ2v) is 6.39. The maximum atomic E-state index is 12.0. The Kier molecular flexibility index (Phi) is 4.19. The maximum Gasteiger partial charge on any atom is 0.265 e. The van der Waals surface area contributed by atoms with Crippen LogP contribution in [0, 0.1) is 0 Å². The molecule has 2 rings (SSSR count). The van der Waals surface area contributed by atoms with E-state index in [1.165, 1.54) is 0 Å². The van der Waals surface area contributed by atoms with Gasteiger partial charge in [0.05, 0.1) is 5.52 Å². The molecule has 0 spiro atoms. The summed E-state index contributed by atoms with van der Waals surface area (Å²) in [5.74, 6) is -0.930. The van der Waals surface area contributed by atoms with Crippen LogP contribution in [0.15, 0.2) is 25.9 Å². The minimum Gasteiger partial charge on any atom is -0.506 e. The first kappa shape index (κ1) is 15.1. The molecule has 0 atom stereocenters. The Morgan fingerprint density at radius 3 is 2.60 bits per heavy atom. The Labute approximate surface area is 131 Å². The highest BCUT2D eigenvalue weighted by Crippen LogP contribution is 2.32. The van der Waals surface area contributed by atoms with Crippen LogP contribution in [-0.4, -0.2) is 22.0 Å². The van der Waals surface area contributed by atoms with E-state index in [1.54, 1.807) is 26.0 Å². The highest BCUT2D eigenvalue weighted by molar-refractivity contribution is 9.11. The molecule has 5 nitrogen and oxygen atoms in total. The molecular formula is C13H12Br2N2O3. The predicted octanol–water partition coefficient (Wildman–Crippen LogP) is 2.90. The van der Waals surface area contributed by atoms with E-state index in [9.17, 15) is 14.7 Å². The van der Waals surface area contributed by atoms with Crippen LogP contribution >= 0.6 is 31.9 Å². The maximum absolute atomic E-state index is 12.0. The number of carbonyl (C=O) groups excluding carboxylic acids is 1. The molecule has 1 aromatic carbocycles. The molecule has 1 heterocycles. The molecule has 0 aliphatic carbocycles. The zero-order valence-electron chi connectivity index (χ0n) is 10.8. The Balaban J connectivity index is 2.75. The van der Waals surface area contributed by atoms with Gasteiger partial charge >= 0.3 is 0 Å². The number of nitrogens with one attached hydrogen (secondary N) is 2. The molecule has 0 fully saturated rings. The molecule has 1 aromatic heterocycles. The number of H-pyrrole nitrogens is 1. The molecule has 0 unspecified atom stereocenters. The van der Waals surface area contributed by atoms with Crippen LogP contribution in [0.4, 0.5) is 0 Å². The number of pyridine rings is 1. The van der Waals surface area contributed by atoms with Gasteiger partial charge in [0.15, 0.2) is 0 Å². The van der Waals surface area contributed by atoms with Crippen LogP contribution < -0.4 is 10.9 Å². The van der Waals surface area contributed by atoms with Gasteiger partial charge < -0.3 is 15.4 Å². The average Bonchev–Trinajstić information content (AvgIpc) is 2.30. The third-order valence-electron chi connectivity index (χ3n) is 2.66. The number of benzene rings is 1. The smallest absolute Gasteiger partial charge is 0.265 e. The number of hydrogen-bond donors (Lipinski definition) is 3. The fourth-order valence-corrected chi connectivity index (χ4v) is 3.18. The Morgan fingerprint density at radius 1 is 1.35 bits per heavy atom. The van der Waals surface area contributed by atoms with Gasteiger partial charge in [-0.15, -0.1) is 0 Å². The summed E-state index contributed by atoms with van der Waals surface area (Å²) in [4.78, 5) is 26.6. The van der Waals surface area contributed by atoms with Crippen molar-refractivity contribution in [3.05, 3.63) is 37.0 Å². The van der Waals surface area contributed by atoms with Crippen molar-refractivity contribution in [2.45, 2.75) is 19.9 Å². The van der Waals surface area contributed by atoms with Gasteiger partial charge in [-0.1, -0.05) is 15.9 Å². The Morgan fingerprint density at radius 2 is 2.00 bits per heavy atom. The minimum absolute atomic E-state index is 0.133. The van der Waals surface area contributed by atoms with Crippen molar-refractivity contribution in [3.63, 3.8) is 0 Å². The molecule has 7 heteroatoms. The molecule has 0 saturated carbocycles. The largest absolute Gasteiger partial charge is 0.506 e. The van der Waals surface area contributed by atoms with Crippen molar-refractivity contribution in [1.29, 1.82) is 0 Å². The third-order valence-corrected chi connectivity index (χ3v) is 3.74. The van der Waals surface area contributed by atoms with Crippen LogP contribution in [0.25, 0.3) is 10.9 Å². The van der Waals surface area contributed by atoms with Crippen molar-refractivity contribution in [1.82, 2.24) is 10.3 Å². The van der Waals surface area contributed by atoms with Crippen LogP contribution in [0.5, 0.6) is 5.75 Å². The molecule has 2 aromatic rings. The van der Waals surface area contributed by atoms with Gasteiger partial charge in [-0.25, -0.2) is 0 Å². The molecule has 1 amide bonds. The number of aromatic nitrogens is 1. The van der Waals surface area contributed by atoms with Gasteiger partial charge in [-0.3, -0.25) is 9.59 Å². The lowest BCUT2D eigenvalue weighted by atomic mass is 10.1. The molecule has 106 valence electrons. The number of fused-ring (bicyclic) bond motifs is 1. The summed E-state index contributed by atoms with van der Waals surface area (Å²) in [6.07, 6.45) is 0. The summed E-state index contributed by atoms with van der Waals surface area (Å²) < 4.78 is 1.33. The first-order valence-electron chi connectivity index (χ1n) is 5.86. The lowest BCUT2D eigenvalue weighted by Gasteiger charge is -2.11. The van der Waals surface area contributed by atoms with Gasteiger partial charge in [0.1, 0.15) is 11.3 Å². The van der Waals surface area contributed by atoms with Gasteiger partial charge in [0, 0.05) is 20.4 Å². The van der Waals surface area contributed by atoms with Crippen molar-refractivity contribution in [3.8, 4) is 5.75 Å². The van der Waals surface area contributed by atoms with E-state index in [0.717, 1.165) is 4.47 Å². The summed E-state index contributed by atoms with van der Waals surface area (Å²) in [6, 6.07) is 3.24. The quantitative estimate of drug-likeness (QED) is 0.720. The number of aromatic hydroxyl groups is 1. The van der Waals surface area contributed by atoms with Crippen LogP contribution in [-0.2, 0) is 0 Å². The van der Waals surface area contributed by atoms with Crippen LogP contribution in [0.2, 0.25) is 0 Å². The molecule has 0 radical (unpaired) electrons. The second kappa shape index (κ2) is 5.57. The summed E-state index contributed by atoms with van der Waals surface area (Å²) in [5, 5.41) is 13.2. The number of carbonyl (C=O) groups is 1. The van der Waals surface area contributed by atoms with Crippen molar-refractivity contribution < 1.29 is 9.90 Å². The highest BCUT2D eigenvalue weighted by atomic mass is 79.9. The van der Waals surface area contributed by atoms with Gasteiger partial charge in [-0.2, -0.15) is 0 Å². The molecule has 0 aliphatic rings. The van der Waals surface area contributed by atoms with E-state index >= 15 is 0 Å². The lowest BCUT2D eigenvalue weighted by molar-refractivity contribution is 0.0939. The molecule has 3 N–H and O–H groups in total. The fourth-order valence-electron chi connectivity index (χ4n) is 1.85. The van der Waals surface area contributed by atoms with Crippen molar-refractivity contribution >= 4 is 48.7 Å². The van der Waals surface area contributed by atoms with E-state index in [4.69, 9.17) is 0 Å². The van der Waals surface area contributed by atoms with E-state index in [0.29, 0.717) is 15.4 Å². The van der Waals surface area contributed by atoms with Gasteiger partial charge in [0.25, 0.3) is 11.5 Å². The topological polar surface area (TPSA) is 82.2 Å². The number of amides is 1. The first-order valence-corrected chi connectivity index (χ1v) is 7.44. The zero-order chi connectivity index (χ0) is 15.0. The second-order valence-electron chi connectivity index (χ2n) is 4.62. The van der Waals surface area contributed by atoms with Gasteiger partial charge in [-0.05, 0) is 41.9 Å². The minimum atomic E-state index is -0.629. The molecule has 20 heavy (non-hydrogen) atoms. The molecule has 0 aliphatic heterocycles. The number of rotatable bonds is 2. The van der Waals surface area contributed by atoms with E-state index in [-0.39, 0.29) is 17.4 Å².